The normalized spacial score (nSPS) is 18.0. The molecule has 35 heavy (non-hydrogen) atoms. The summed E-state index contributed by atoms with van der Waals surface area (Å²) in [6, 6.07) is 12.8. The molecule has 1 aliphatic heterocycles. The van der Waals surface area contributed by atoms with Gasteiger partial charge in [0.2, 0.25) is 5.95 Å². The summed E-state index contributed by atoms with van der Waals surface area (Å²) in [5, 5.41) is 4.26. The van der Waals surface area contributed by atoms with Crippen molar-refractivity contribution in [3.63, 3.8) is 0 Å². The largest absolute Gasteiger partial charge is 0.375 e. The van der Waals surface area contributed by atoms with E-state index < -0.39 is 0 Å². The minimum absolute atomic E-state index is 0.0415. The van der Waals surface area contributed by atoms with Crippen molar-refractivity contribution in [3.05, 3.63) is 76.4 Å². The fraction of sp³-hybridized carbons (Fsp3) is 0.464. The molecule has 7 heteroatoms. The predicted molar refractivity (Wildman–Crippen MR) is 143 cm³/mol. The molecule has 186 valence electrons. The third kappa shape index (κ3) is 5.73. The molecule has 4 rings (SSSR count). The van der Waals surface area contributed by atoms with Crippen LogP contribution in [0.3, 0.4) is 0 Å². The maximum absolute atomic E-state index is 12.2. The van der Waals surface area contributed by atoms with E-state index in [4.69, 9.17) is 0 Å². The monoisotopic (exact) mass is 474 g/mol. The topological polar surface area (TPSA) is 66.3 Å². The number of nitrogens with one attached hydrogen (secondary N) is 1. The first-order chi connectivity index (χ1) is 16.9. The van der Waals surface area contributed by atoms with Crippen LogP contribution in [0.2, 0.25) is 0 Å². The Balaban J connectivity index is 1.43. The predicted octanol–water partition coefficient (Wildman–Crippen LogP) is 4.66. The number of pyridine rings is 1. The lowest BCUT2D eigenvalue weighted by Gasteiger charge is -2.43. The molecule has 0 aliphatic carbocycles. The van der Waals surface area contributed by atoms with Gasteiger partial charge in [0, 0.05) is 56.4 Å². The van der Waals surface area contributed by atoms with Crippen molar-refractivity contribution >= 4 is 17.0 Å². The van der Waals surface area contributed by atoms with E-state index in [2.05, 4.69) is 89.3 Å². The van der Waals surface area contributed by atoms with E-state index in [-0.39, 0.29) is 11.6 Å². The van der Waals surface area contributed by atoms with Crippen LogP contribution in [0.5, 0.6) is 0 Å². The second-order valence-corrected chi connectivity index (χ2v) is 9.76. The Morgan fingerprint density at radius 2 is 1.89 bits per heavy atom. The summed E-state index contributed by atoms with van der Waals surface area (Å²) < 4.78 is 1.67. The molecule has 2 atom stereocenters. The Hall–Kier alpha value is -3.19. The molecule has 0 amide bonds. The minimum atomic E-state index is -0.0452. The molecule has 2 aromatic heterocycles. The molecule has 1 fully saturated rings. The first kappa shape index (κ1) is 24.9. The third-order valence-corrected chi connectivity index (χ3v) is 6.94. The van der Waals surface area contributed by atoms with Crippen molar-refractivity contribution < 1.29 is 0 Å². The standard InChI is InChI=1S/C28H38N6O/c1-6-14-32-15-16-33(25(19-32)20(3)4)18-22-8-10-23(11-9-22)21(5)30-28-29-17-24-12-13-26(35)34(7-2)27(24)31-28/h6,8-14,17,20-21,25H,7,15-16,18-19H2,1-5H3,(H,29,30,31)/t21-,25-/m0/s1. The van der Waals surface area contributed by atoms with Gasteiger partial charge in [-0.25, -0.2) is 4.98 Å². The van der Waals surface area contributed by atoms with E-state index in [1.54, 1.807) is 22.9 Å². The molecule has 1 aromatic carbocycles. The number of hydrogen-bond acceptors (Lipinski definition) is 6. The first-order valence-electron chi connectivity index (χ1n) is 12.7. The number of rotatable bonds is 8. The number of piperazine rings is 1. The van der Waals surface area contributed by atoms with Gasteiger partial charge in [0.05, 0.1) is 6.04 Å². The Bertz CT molecular complexity index is 1220. The molecule has 1 N–H and O–H groups in total. The highest BCUT2D eigenvalue weighted by Gasteiger charge is 2.28. The molecule has 0 spiro atoms. The fourth-order valence-electron chi connectivity index (χ4n) is 4.91. The van der Waals surface area contributed by atoms with Gasteiger partial charge in [-0.3, -0.25) is 14.3 Å². The third-order valence-electron chi connectivity index (χ3n) is 6.94. The summed E-state index contributed by atoms with van der Waals surface area (Å²) in [7, 11) is 0. The second kappa shape index (κ2) is 11.0. The molecule has 1 saturated heterocycles. The zero-order valence-electron chi connectivity index (χ0n) is 21.6. The molecule has 1 aliphatic rings. The Kier molecular flexibility index (Phi) is 7.86. The van der Waals surface area contributed by atoms with E-state index in [0.29, 0.717) is 30.1 Å². The van der Waals surface area contributed by atoms with Crippen molar-refractivity contribution in [3.8, 4) is 0 Å². The molecule has 0 radical (unpaired) electrons. The lowest BCUT2D eigenvalue weighted by atomic mass is 9.98. The number of anilines is 1. The smallest absolute Gasteiger partial charge is 0.252 e. The Morgan fingerprint density at radius 1 is 1.11 bits per heavy atom. The lowest BCUT2D eigenvalue weighted by molar-refractivity contribution is 0.0664. The van der Waals surface area contributed by atoms with Gasteiger partial charge in [-0.2, -0.15) is 4.98 Å². The van der Waals surface area contributed by atoms with Crippen LogP contribution in [0.1, 0.15) is 51.8 Å². The summed E-state index contributed by atoms with van der Waals surface area (Å²) in [6.07, 6.45) is 6.12. The average Bonchev–Trinajstić information content (AvgIpc) is 2.85. The van der Waals surface area contributed by atoms with E-state index in [0.717, 1.165) is 31.6 Å². The van der Waals surface area contributed by atoms with Crippen molar-refractivity contribution in [2.45, 2.75) is 59.8 Å². The molecule has 3 aromatic rings. The summed E-state index contributed by atoms with van der Waals surface area (Å²) in [5.74, 6) is 1.14. The first-order valence-corrected chi connectivity index (χ1v) is 12.7. The highest BCUT2D eigenvalue weighted by molar-refractivity contribution is 5.75. The van der Waals surface area contributed by atoms with Gasteiger partial charge < -0.3 is 10.2 Å². The van der Waals surface area contributed by atoms with Crippen LogP contribution in [-0.4, -0.2) is 50.0 Å². The summed E-state index contributed by atoms with van der Waals surface area (Å²) in [4.78, 5) is 26.3. The molecule has 0 bridgehead atoms. The summed E-state index contributed by atoms with van der Waals surface area (Å²) in [5.41, 5.74) is 3.13. The molecule has 0 unspecified atom stereocenters. The summed E-state index contributed by atoms with van der Waals surface area (Å²) >= 11 is 0. The molecule has 0 saturated carbocycles. The second-order valence-electron chi connectivity index (χ2n) is 9.76. The number of aromatic nitrogens is 3. The number of aryl methyl sites for hydroxylation is 1. The maximum atomic E-state index is 12.2. The van der Waals surface area contributed by atoms with Gasteiger partial charge in [-0.05, 0) is 50.1 Å². The van der Waals surface area contributed by atoms with Crippen molar-refractivity contribution in [1.29, 1.82) is 0 Å². The number of benzene rings is 1. The quantitative estimate of drug-likeness (QED) is 0.512. The van der Waals surface area contributed by atoms with Crippen LogP contribution in [0.4, 0.5) is 5.95 Å². The zero-order valence-corrected chi connectivity index (χ0v) is 21.6. The number of allylic oxidation sites excluding steroid dienone is 1. The molecule has 7 nitrogen and oxygen atoms in total. The van der Waals surface area contributed by atoms with Gasteiger partial charge >= 0.3 is 0 Å². The van der Waals surface area contributed by atoms with Crippen molar-refractivity contribution in [1.82, 2.24) is 24.3 Å². The van der Waals surface area contributed by atoms with Gasteiger partial charge in [-0.1, -0.05) is 44.2 Å². The van der Waals surface area contributed by atoms with Gasteiger partial charge in [0.1, 0.15) is 5.65 Å². The summed E-state index contributed by atoms with van der Waals surface area (Å²) in [6.45, 7) is 15.6. The van der Waals surface area contributed by atoms with Gasteiger partial charge in [0.25, 0.3) is 5.56 Å². The van der Waals surface area contributed by atoms with E-state index in [9.17, 15) is 4.79 Å². The van der Waals surface area contributed by atoms with Crippen LogP contribution in [0.25, 0.3) is 11.0 Å². The lowest BCUT2D eigenvalue weighted by Crippen LogP contribution is -2.53. The maximum Gasteiger partial charge on any atom is 0.252 e. The van der Waals surface area contributed by atoms with Crippen LogP contribution in [0.15, 0.2) is 59.7 Å². The molecular weight excluding hydrogens is 436 g/mol. The van der Waals surface area contributed by atoms with Gasteiger partial charge in [0.15, 0.2) is 0 Å². The Morgan fingerprint density at radius 3 is 2.57 bits per heavy atom. The van der Waals surface area contributed by atoms with Gasteiger partial charge in [-0.15, -0.1) is 0 Å². The minimum Gasteiger partial charge on any atom is -0.375 e. The molecular formula is C28H38N6O. The Labute approximate surface area is 208 Å². The number of hydrogen-bond donors (Lipinski definition) is 1. The number of nitrogens with zero attached hydrogens (tertiary/aromatic N) is 5. The highest BCUT2D eigenvalue weighted by atomic mass is 16.1. The zero-order chi connectivity index (χ0) is 24.9. The van der Waals surface area contributed by atoms with E-state index >= 15 is 0 Å². The van der Waals surface area contributed by atoms with E-state index in [1.807, 2.05) is 6.92 Å². The van der Waals surface area contributed by atoms with Crippen molar-refractivity contribution in [2.24, 2.45) is 5.92 Å². The van der Waals surface area contributed by atoms with Crippen LogP contribution in [-0.2, 0) is 13.1 Å². The number of fused-ring (bicyclic) bond motifs is 1. The van der Waals surface area contributed by atoms with E-state index in [1.165, 1.54) is 11.1 Å². The van der Waals surface area contributed by atoms with Crippen LogP contribution in [0, 0.1) is 5.92 Å². The fourth-order valence-corrected chi connectivity index (χ4v) is 4.91. The highest BCUT2D eigenvalue weighted by Crippen LogP contribution is 2.23. The van der Waals surface area contributed by atoms with Crippen LogP contribution >= 0.6 is 0 Å². The average molecular weight is 475 g/mol. The van der Waals surface area contributed by atoms with Crippen molar-refractivity contribution in [2.75, 3.05) is 25.0 Å². The van der Waals surface area contributed by atoms with Crippen LogP contribution < -0.4 is 10.9 Å². The SMILES string of the molecule is CC=CN1CCN(Cc2ccc([C@H](C)Nc3ncc4ccc(=O)n(CC)c4n3)cc2)[C@H](C(C)C)C1. The molecule has 3 heterocycles.